The van der Waals surface area contributed by atoms with Crippen LogP contribution in [0.1, 0.15) is 400 Å². The van der Waals surface area contributed by atoms with Crippen molar-refractivity contribution in [2.24, 2.45) is 0 Å². The molecule has 0 aliphatic carbocycles. The lowest BCUT2D eigenvalue weighted by Gasteiger charge is -2.18. The number of hydrogen-bond acceptors (Lipinski definition) is 6. The molecule has 0 aromatic rings. The van der Waals surface area contributed by atoms with Gasteiger partial charge in [0.05, 0.1) is 0 Å². The molecule has 440 valence electrons. The molecule has 0 aromatic carbocycles. The summed E-state index contributed by atoms with van der Waals surface area (Å²) < 4.78 is 17.0. The Kier molecular flexibility index (Phi) is 62.6. The van der Waals surface area contributed by atoms with Crippen LogP contribution in [0.5, 0.6) is 0 Å². The number of hydrogen-bond donors (Lipinski definition) is 0. The van der Waals surface area contributed by atoms with Gasteiger partial charge in [0, 0.05) is 19.3 Å². The number of carbonyl (C=O) groups is 3. The first-order valence-corrected chi connectivity index (χ1v) is 34.0. The second-order valence-corrected chi connectivity index (χ2v) is 23.5. The van der Waals surface area contributed by atoms with Gasteiger partial charge in [0.25, 0.3) is 0 Å². The SMILES string of the molecule is CCCCCCCCCCCCCCCCCCCCCCCCCCCCCC(=O)OCC(COC(=O)CCCCCCCCCCCCCC)OC(=O)CCCCCCCCCCCCCCCCCCC. The highest BCUT2D eigenvalue weighted by Gasteiger charge is 2.19. The molecule has 0 heterocycles. The minimum atomic E-state index is -0.762. The third kappa shape index (κ3) is 61.3. The van der Waals surface area contributed by atoms with Crippen LogP contribution in [-0.2, 0) is 28.6 Å². The minimum Gasteiger partial charge on any atom is -0.462 e. The summed E-state index contributed by atoms with van der Waals surface area (Å²) in [4.78, 5) is 38.3. The van der Waals surface area contributed by atoms with Gasteiger partial charge in [-0.2, -0.15) is 0 Å². The van der Waals surface area contributed by atoms with Gasteiger partial charge >= 0.3 is 17.9 Å². The molecule has 1 atom stereocenters. The normalized spacial score (nSPS) is 11.9. The third-order valence-electron chi connectivity index (χ3n) is 15.9. The Morgan fingerprint density at radius 3 is 0.541 bits per heavy atom. The zero-order chi connectivity index (χ0) is 53.6. The van der Waals surface area contributed by atoms with Crippen molar-refractivity contribution < 1.29 is 28.6 Å². The Bertz CT molecular complexity index is 1110. The van der Waals surface area contributed by atoms with Gasteiger partial charge in [-0.1, -0.05) is 361 Å². The van der Waals surface area contributed by atoms with E-state index in [1.165, 1.54) is 302 Å². The zero-order valence-corrected chi connectivity index (χ0v) is 50.7. The second-order valence-electron chi connectivity index (χ2n) is 23.5. The van der Waals surface area contributed by atoms with E-state index < -0.39 is 6.10 Å². The topological polar surface area (TPSA) is 78.9 Å². The number of unbranched alkanes of at least 4 members (excludes halogenated alkanes) is 53. The Morgan fingerprint density at radius 2 is 0.365 bits per heavy atom. The van der Waals surface area contributed by atoms with Gasteiger partial charge in [0.1, 0.15) is 13.2 Å². The highest BCUT2D eigenvalue weighted by atomic mass is 16.6. The van der Waals surface area contributed by atoms with Crippen molar-refractivity contribution in [3.05, 3.63) is 0 Å². The number of esters is 3. The Labute approximate surface area is 463 Å². The summed E-state index contributed by atoms with van der Waals surface area (Å²) in [6.45, 7) is 6.73. The summed E-state index contributed by atoms with van der Waals surface area (Å²) in [5.74, 6) is -0.824. The molecule has 0 amide bonds. The van der Waals surface area contributed by atoms with Crippen molar-refractivity contribution >= 4 is 17.9 Å². The second kappa shape index (κ2) is 63.9. The molecule has 0 aromatic heterocycles. The summed E-state index contributed by atoms with van der Waals surface area (Å²) in [5, 5.41) is 0. The Hall–Kier alpha value is -1.59. The molecule has 0 aliphatic rings. The molecule has 0 saturated heterocycles. The predicted octanol–water partition coefficient (Wildman–Crippen LogP) is 23.1. The quantitative estimate of drug-likeness (QED) is 0.0343. The first kappa shape index (κ1) is 72.4. The van der Waals surface area contributed by atoms with Crippen molar-refractivity contribution in [3.8, 4) is 0 Å². The first-order valence-electron chi connectivity index (χ1n) is 34.0. The van der Waals surface area contributed by atoms with E-state index >= 15 is 0 Å². The van der Waals surface area contributed by atoms with Gasteiger partial charge in [-0.05, 0) is 19.3 Å². The highest BCUT2D eigenvalue weighted by molar-refractivity contribution is 5.71. The summed E-state index contributed by atoms with van der Waals surface area (Å²) in [6.07, 6.45) is 74.2. The standard InChI is InChI=1S/C68H132O6/c1-4-7-10-13-16-19-22-25-27-29-30-31-32-33-34-35-36-37-38-40-41-43-46-49-52-55-58-61-67(70)73-64-65(63-72-66(69)60-57-54-51-48-45-24-21-18-15-12-9-6-3)74-68(71)62-59-56-53-50-47-44-42-39-28-26-23-20-17-14-11-8-5-2/h65H,4-64H2,1-3H3. The molecule has 0 radical (unpaired) electrons. The van der Waals surface area contributed by atoms with E-state index in [1.807, 2.05) is 0 Å². The molecule has 0 aliphatic heterocycles. The van der Waals surface area contributed by atoms with Crippen LogP contribution in [0.4, 0.5) is 0 Å². The fraction of sp³-hybridized carbons (Fsp3) is 0.956. The van der Waals surface area contributed by atoms with Crippen LogP contribution in [0.25, 0.3) is 0 Å². The van der Waals surface area contributed by atoms with Gasteiger partial charge in [-0.15, -0.1) is 0 Å². The molecule has 0 rings (SSSR count). The van der Waals surface area contributed by atoms with Crippen LogP contribution in [0.3, 0.4) is 0 Å². The Morgan fingerprint density at radius 1 is 0.216 bits per heavy atom. The fourth-order valence-corrected chi connectivity index (χ4v) is 10.7. The molecule has 6 heteroatoms. The largest absolute Gasteiger partial charge is 0.462 e. The van der Waals surface area contributed by atoms with Crippen molar-refractivity contribution in [2.75, 3.05) is 13.2 Å². The fourth-order valence-electron chi connectivity index (χ4n) is 10.7. The lowest BCUT2D eigenvalue weighted by molar-refractivity contribution is -0.167. The molecule has 0 fully saturated rings. The van der Waals surface area contributed by atoms with E-state index in [-0.39, 0.29) is 31.1 Å². The first-order chi connectivity index (χ1) is 36.5. The summed E-state index contributed by atoms with van der Waals surface area (Å²) in [5.41, 5.74) is 0. The average Bonchev–Trinajstić information content (AvgIpc) is 3.40. The summed E-state index contributed by atoms with van der Waals surface area (Å²) >= 11 is 0. The summed E-state index contributed by atoms with van der Waals surface area (Å²) in [6, 6.07) is 0. The van der Waals surface area contributed by atoms with E-state index in [2.05, 4.69) is 20.8 Å². The van der Waals surface area contributed by atoms with Crippen LogP contribution in [0.2, 0.25) is 0 Å². The molecule has 0 spiro atoms. The zero-order valence-electron chi connectivity index (χ0n) is 50.7. The van der Waals surface area contributed by atoms with Crippen LogP contribution in [-0.4, -0.2) is 37.2 Å². The highest BCUT2D eigenvalue weighted by Crippen LogP contribution is 2.19. The number of rotatable bonds is 64. The van der Waals surface area contributed by atoms with Gasteiger partial charge in [-0.3, -0.25) is 14.4 Å². The lowest BCUT2D eigenvalue weighted by Crippen LogP contribution is -2.30. The molecule has 6 nitrogen and oxygen atoms in total. The number of ether oxygens (including phenoxy) is 3. The van der Waals surface area contributed by atoms with E-state index in [0.717, 1.165) is 57.8 Å². The van der Waals surface area contributed by atoms with Gasteiger partial charge < -0.3 is 14.2 Å². The van der Waals surface area contributed by atoms with Crippen LogP contribution in [0.15, 0.2) is 0 Å². The maximum absolute atomic E-state index is 12.9. The monoisotopic (exact) mass is 1050 g/mol. The van der Waals surface area contributed by atoms with Crippen LogP contribution < -0.4 is 0 Å². The molecule has 0 saturated carbocycles. The predicted molar refractivity (Wildman–Crippen MR) is 321 cm³/mol. The molecule has 1 unspecified atom stereocenters. The van der Waals surface area contributed by atoms with E-state index in [4.69, 9.17) is 14.2 Å². The summed E-state index contributed by atoms with van der Waals surface area (Å²) in [7, 11) is 0. The van der Waals surface area contributed by atoms with E-state index in [0.29, 0.717) is 19.3 Å². The Balaban J connectivity index is 4.13. The van der Waals surface area contributed by atoms with Crippen molar-refractivity contribution in [1.82, 2.24) is 0 Å². The van der Waals surface area contributed by atoms with E-state index in [1.54, 1.807) is 0 Å². The van der Waals surface area contributed by atoms with Crippen LogP contribution >= 0.6 is 0 Å². The van der Waals surface area contributed by atoms with Gasteiger partial charge in [-0.25, -0.2) is 0 Å². The van der Waals surface area contributed by atoms with Crippen molar-refractivity contribution in [3.63, 3.8) is 0 Å². The maximum atomic E-state index is 12.9. The van der Waals surface area contributed by atoms with Crippen molar-refractivity contribution in [2.45, 2.75) is 406 Å². The van der Waals surface area contributed by atoms with Gasteiger partial charge in [0.2, 0.25) is 0 Å². The smallest absolute Gasteiger partial charge is 0.306 e. The molecular formula is C68H132O6. The lowest BCUT2D eigenvalue weighted by atomic mass is 10.0. The van der Waals surface area contributed by atoms with Crippen LogP contribution in [0, 0.1) is 0 Å². The molecule has 74 heavy (non-hydrogen) atoms. The molecular weight excluding hydrogens is 913 g/mol. The average molecular weight is 1050 g/mol. The minimum absolute atomic E-state index is 0.0605. The van der Waals surface area contributed by atoms with E-state index in [9.17, 15) is 14.4 Å². The number of carbonyl (C=O) groups excluding carboxylic acids is 3. The third-order valence-corrected chi connectivity index (χ3v) is 15.9. The maximum Gasteiger partial charge on any atom is 0.306 e. The van der Waals surface area contributed by atoms with Crippen molar-refractivity contribution in [1.29, 1.82) is 0 Å². The molecule has 0 N–H and O–H groups in total. The molecule has 0 bridgehead atoms. The van der Waals surface area contributed by atoms with Gasteiger partial charge in [0.15, 0.2) is 6.10 Å².